The SMILES string of the molecule is CC(CCOC(=O)c1ccccc1)c1ccc(-c2ccccc2F)cc1. The van der Waals surface area contributed by atoms with Crippen LogP contribution in [0.5, 0.6) is 0 Å². The number of hydrogen-bond donors (Lipinski definition) is 0. The molecular weight excluding hydrogens is 327 g/mol. The highest BCUT2D eigenvalue weighted by atomic mass is 19.1. The molecule has 0 aromatic heterocycles. The molecule has 26 heavy (non-hydrogen) atoms. The van der Waals surface area contributed by atoms with Crippen molar-refractivity contribution in [2.75, 3.05) is 6.61 Å². The molecule has 2 nitrogen and oxygen atoms in total. The molecule has 0 saturated heterocycles. The molecule has 1 unspecified atom stereocenters. The van der Waals surface area contributed by atoms with Crippen LogP contribution >= 0.6 is 0 Å². The first kappa shape index (κ1) is 17.9. The van der Waals surface area contributed by atoms with Gasteiger partial charge in [-0.05, 0) is 41.7 Å². The van der Waals surface area contributed by atoms with E-state index in [2.05, 4.69) is 6.92 Å². The summed E-state index contributed by atoms with van der Waals surface area (Å²) in [6.45, 7) is 2.46. The lowest BCUT2D eigenvalue weighted by atomic mass is 9.95. The maximum atomic E-state index is 13.9. The minimum atomic E-state index is -0.298. The zero-order valence-corrected chi connectivity index (χ0v) is 14.7. The Bertz CT molecular complexity index is 857. The lowest BCUT2D eigenvalue weighted by molar-refractivity contribution is 0.0494. The Morgan fingerprint density at radius 3 is 2.27 bits per heavy atom. The lowest BCUT2D eigenvalue weighted by Crippen LogP contribution is -2.08. The van der Waals surface area contributed by atoms with Gasteiger partial charge in [-0.25, -0.2) is 9.18 Å². The van der Waals surface area contributed by atoms with Crippen molar-refractivity contribution in [2.45, 2.75) is 19.3 Å². The minimum absolute atomic E-state index is 0.221. The van der Waals surface area contributed by atoms with Crippen molar-refractivity contribution in [2.24, 2.45) is 0 Å². The van der Waals surface area contributed by atoms with Gasteiger partial charge >= 0.3 is 5.97 Å². The van der Waals surface area contributed by atoms with E-state index < -0.39 is 0 Å². The molecule has 3 rings (SSSR count). The van der Waals surface area contributed by atoms with E-state index in [4.69, 9.17) is 4.74 Å². The van der Waals surface area contributed by atoms with Crippen molar-refractivity contribution in [3.05, 3.63) is 95.8 Å². The van der Waals surface area contributed by atoms with E-state index in [1.54, 1.807) is 24.3 Å². The first-order chi connectivity index (χ1) is 12.6. The molecule has 0 bridgehead atoms. The number of halogens is 1. The quantitative estimate of drug-likeness (QED) is 0.523. The van der Waals surface area contributed by atoms with Crippen LogP contribution < -0.4 is 0 Å². The summed E-state index contributed by atoms with van der Waals surface area (Å²) in [6, 6.07) is 23.6. The van der Waals surface area contributed by atoms with E-state index >= 15 is 0 Å². The molecule has 0 aliphatic rings. The Labute approximate surface area is 153 Å². The number of carbonyl (C=O) groups is 1. The van der Waals surface area contributed by atoms with E-state index in [-0.39, 0.29) is 17.7 Å². The Balaban J connectivity index is 1.56. The fourth-order valence-corrected chi connectivity index (χ4v) is 2.84. The molecule has 1 atom stereocenters. The molecule has 0 aliphatic heterocycles. The molecule has 0 radical (unpaired) electrons. The zero-order valence-electron chi connectivity index (χ0n) is 14.7. The number of carbonyl (C=O) groups excluding carboxylic acids is 1. The molecule has 3 aromatic carbocycles. The van der Waals surface area contributed by atoms with Crippen LogP contribution in [-0.4, -0.2) is 12.6 Å². The van der Waals surface area contributed by atoms with Gasteiger partial charge in [0.1, 0.15) is 5.82 Å². The Kier molecular flexibility index (Phi) is 5.80. The van der Waals surface area contributed by atoms with Gasteiger partial charge in [0.25, 0.3) is 0 Å². The molecule has 0 saturated carbocycles. The predicted octanol–water partition coefficient (Wildman–Crippen LogP) is 5.84. The second kappa shape index (κ2) is 8.43. The van der Waals surface area contributed by atoms with Gasteiger partial charge in [0.15, 0.2) is 0 Å². The minimum Gasteiger partial charge on any atom is -0.462 e. The van der Waals surface area contributed by atoms with Crippen LogP contribution in [0.25, 0.3) is 11.1 Å². The number of hydrogen-bond acceptors (Lipinski definition) is 2. The largest absolute Gasteiger partial charge is 0.462 e. The summed E-state index contributed by atoms with van der Waals surface area (Å²) in [5.41, 5.74) is 3.16. The normalized spacial score (nSPS) is 11.8. The van der Waals surface area contributed by atoms with Gasteiger partial charge in [-0.3, -0.25) is 0 Å². The number of rotatable bonds is 6. The van der Waals surface area contributed by atoms with Gasteiger partial charge < -0.3 is 4.74 Å². The maximum Gasteiger partial charge on any atom is 0.338 e. The fourth-order valence-electron chi connectivity index (χ4n) is 2.84. The standard InChI is InChI=1S/C23H21FO2/c1-17(15-16-26-23(25)20-7-3-2-4-8-20)18-11-13-19(14-12-18)21-9-5-6-10-22(21)24/h2-14,17H,15-16H2,1H3. The first-order valence-electron chi connectivity index (χ1n) is 8.72. The van der Waals surface area contributed by atoms with Crippen LogP contribution in [0, 0.1) is 5.82 Å². The average Bonchev–Trinajstić information content (AvgIpc) is 2.69. The van der Waals surface area contributed by atoms with E-state index in [1.807, 2.05) is 48.5 Å². The third kappa shape index (κ3) is 4.37. The van der Waals surface area contributed by atoms with E-state index in [1.165, 1.54) is 6.07 Å². The monoisotopic (exact) mass is 348 g/mol. The summed E-state index contributed by atoms with van der Waals surface area (Å²) in [4.78, 5) is 11.9. The second-order valence-electron chi connectivity index (χ2n) is 6.29. The number of benzene rings is 3. The summed E-state index contributed by atoms with van der Waals surface area (Å²) >= 11 is 0. The maximum absolute atomic E-state index is 13.9. The number of ether oxygens (including phenoxy) is 1. The highest BCUT2D eigenvalue weighted by Gasteiger charge is 2.10. The molecule has 0 spiro atoms. The Hall–Kier alpha value is -2.94. The van der Waals surface area contributed by atoms with Crippen LogP contribution in [0.2, 0.25) is 0 Å². The molecule has 0 aliphatic carbocycles. The van der Waals surface area contributed by atoms with Gasteiger partial charge in [-0.1, -0.05) is 67.6 Å². The van der Waals surface area contributed by atoms with E-state index in [0.29, 0.717) is 17.7 Å². The van der Waals surface area contributed by atoms with Crippen LogP contribution in [0.3, 0.4) is 0 Å². The molecule has 0 heterocycles. The Morgan fingerprint density at radius 1 is 0.923 bits per heavy atom. The van der Waals surface area contributed by atoms with Crippen LogP contribution in [0.15, 0.2) is 78.9 Å². The zero-order chi connectivity index (χ0) is 18.4. The fraction of sp³-hybridized carbons (Fsp3) is 0.174. The first-order valence-corrected chi connectivity index (χ1v) is 8.72. The van der Waals surface area contributed by atoms with Crippen LogP contribution in [0.1, 0.15) is 35.2 Å². The predicted molar refractivity (Wildman–Crippen MR) is 102 cm³/mol. The highest BCUT2D eigenvalue weighted by molar-refractivity contribution is 5.89. The van der Waals surface area contributed by atoms with Crippen molar-refractivity contribution in [1.29, 1.82) is 0 Å². The van der Waals surface area contributed by atoms with Crippen molar-refractivity contribution in [3.63, 3.8) is 0 Å². The third-order valence-corrected chi connectivity index (χ3v) is 4.46. The van der Waals surface area contributed by atoms with E-state index in [9.17, 15) is 9.18 Å². The molecule has 0 amide bonds. The molecular formula is C23H21FO2. The van der Waals surface area contributed by atoms with Gasteiger partial charge in [0.2, 0.25) is 0 Å². The van der Waals surface area contributed by atoms with Crippen molar-refractivity contribution in [3.8, 4) is 11.1 Å². The second-order valence-corrected chi connectivity index (χ2v) is 6.29. The summed E-state index contributed by atoms with van der Waals surface area (Å²) in [6.07, 6.45) is 0.734. The highest BCUT2D eigenvalue weighted by Crippen LogP contribution is 2.26. The van der Waals surface area contributed by atoms with Gasteiger partial charge in [-0.15, -0.1) is 0 Å². The molecule has 132 valence electrons. The summed E-state index contributed by atoms with van der Waals surface area (Å²) in [7, 11) is 0. The smallest absolute Gasteiger partial charge is 0.338 e. The lowest BCUT2D eigenvalue weighted by Gasteiger charge is -2.13. The number of esters is 1. The van der Waals surface area contributed by atoms with Crippen LogP contribution in [0.4, 0.5) is 4.39 Å². The van der Waals surface area contributed by atoms with Crippen molar-refractivity contribution < 1.29 is 13.9 Å². The van der Waals surface area contributed by atoms with Crippen molar-refractivity contribution >= 4 is 5.97 Å². The van der Waals surface area contributed by atoms with Crippen molar-refractivity contribution in [1.82, 2.24) is 0 Å². The summed E-state index contributed by atoms with van der Waals surface area (Å²) in [5, 5.41) is 0. The van der Waals surface area contributed by atoms with Gasteiger partial charge in [0, 0.05) is 5.56 Å². The third-order valence-electron chi connectivity index (χ3n) is 4.46. The van der Waals surface area contributed by atoms with Gasteiger partial charge in [0.05, 0.1) is 12.2 Å². The molecule has 0 N–H and O–H groups in total. The molecule has 3 heteroatoms. The summed E-state index contributed by atoms with van der Waals surface area (Å²) < 4.78 is 19.2. The molecule has 3 aromatic rings. The van der Waals surface area contributed by atoms with Gasteiger partial charge in [-0.2, -0.15) is 0 Å². The summed E-state index contributed by atoms with van der Waals surface area (Å²) in [5.74, 6) is -0.276. The topological polar surface area (TPSA) is 26.3 Å². The van der Waals surface area contributed by atoms with E-state index in [0.717, 1.165) is 17.5 Å². The van der Waals surface area contributed by atoms with Crippen LogP contribution in [-0.2, 0) is 4.74 Å². The average molecular weight is 348 g/mol. The molecule has 0 fully saturated rings. The Morgan fingerprint density at radius 2 is 1.58 bits per heavy atom.